The summed E-state index contributed by atoms with van der Waals surface area (Å²) < 4.78 is 11.8. The van der Waals surface area contributed by atoms with Gasteiger partial charge in [0.15, 0.2) is 12.8 Å². The molecule has 0 bridgehead atoms. The Hall–Kier alpha value is -4.23. The van der Waals surface area contributed by atoms with Crippen LogP contribution < -0.4 is 9.64 Å². The number of rotatable bonds is 9. The Labute approximate surface area is 203 Å². The minimum Gasteiger partial charge on any atom is -0.479 e. The zero-order chi connectivity index (χ0) is 24.0. The smallest absolute Gasteiger partial charge is 0.333 e. The average Bonchev–Trinajstić information content (AvgIpc) is 2.90. The van der Waals surface area contributed by atoms with Gasteiger partial charge in [0.1, 0.15) is 5.75 Å². The average molecular weight is 468 g/mol. The number of anilines is 2. The van der Waals surface area contributed by atoms with Crippen LogP contribution in [0.15, 0.2) is 91.3 Å². The van der Waals surface area contributed by atoms with Crippen molar-refractivity contribution >= 4 is 17.3 Å². The molecule has 176 valence electrons. The predicted molar refractivity (Wildman–Crippen MR) is 132 cm³/mol. The zero-order valence-electron chi connectivity index (χ0n) is 19.1. The van der Waals surface area contributed by atoms with Crippen LogP contribution in [0.25, 0.3) is 0 Å². The Morgan fingerprint density at radius 3 is 2.14 bits per heavy atom. The molecule has 1 unspecified atom stereocenters. The number of carboxylic acids is 1. The Balaban J connectivity index is 1.23. The topological polar surface area (TPSA) is 84.8 Å². The highest BCUT2D eigenvalue weighted by Crippen LogP contribution is 2.36. The number of pyridine rings is 2. The summed E-state index contributed by atoms with van der Waals surface area (Å²) in [5.41, 5.74) is 5.74. The number of hydrogen-bond donors (Lipinski definition) is 1. The van der Waals surface area contributed by atoms with E-state index in [1.54, 1.807) is 12.4 Å². The second-order valence-corrected chi connectivity index (χ2v) is 8.29. The molecule has 0 spiro atoms. The van der Waals surface area contributed by atoms with Crippen LogP contribution in [-0.4, -0.2) is 33.9 Å². The van der Waals surface area contributed by atoms with E-state index >= 15 is 0 Å². The fraction of sp³-hybridized carbons (Fsp3) is 0.179. The van der Waals surface area contributed by atoms with Crippen LogP contribution in [0.1, 0.15) is 22.5 Å². The molecule has 5 rings (SSSR count). The number of carbonyl (C=O) groups is 1. The van der Waals surface area contributed by atoms with E-state index < -0.39 is 12.1 Å². The van der Waals surface area contributed by atoms with Gasteiger partial charge in [-0.15, -0.1) is 0 Å². The molecule has 7 heteroatoms. The highest BCUT2D eigenvalue weighted by atomic mass is 16.5. The third-order valence-corrected chi connectivity index (χ3v) is 5.92. The first-order chi connectivity index (χ1) is 17.2. The summed E-state index contributed by atoms with van der Waals surface area (Å²) in [7, 11) is 0. The summed E-state index contributed by atoms with van der Waals surface area (Å²) in [4.78, 5) is 22.8. The van der Waals surface area contributed by atoms with E-state index in [9.17, 15) is 9.90 Å². The Kier molecular flexibility index (Phi) is 6.68. The van der Waals surface area contributed by atoms with E-state index in [-0.39, 0.29) is 13.0 Å². The molecule has 0 saturated heterocycles. The van der Waals surface area contributed by atoms with Crippen LogP contribution in [-0.2, 0) is 29.0 Å². The van der Waals surface area contributed by atoms with Gasteiger partial charge in [0.25, 0.3) is 0 Å². The first kappa shape index (κ1) is 22.6. The predicted octanol–water partition coefficient (Wildman–Crippen LogP) is 4.77. The number of ether oxygens (including phenoxy) is 2. The lowest BCUT2D eigenvalue weighted by atomic mass is 10.1. The summed E-state index contributed by atoms with van der Waals surface area (Å²) in [5.74, 6) is -0.293. The van der Waals surface area contributed by atoms with Crippen molar-refractivity contribution in [3.63, 3.8) is 0 Å². The number of aromatic nitrogens is 2. The van der Waals surface area contributed by atoms with Crippen LogP contribution in [0.2, 0.25) is 0 Å². The van der Waals surface area contributed by atoms with E-state index in [0.29, 0.717) is 18.9 Å². The quantitative estimate of drug-likeness (QED) is 0.380. The first-order valence-corrected chi connectivity index (χ1v) is 11.4. The van der Waals surface area contributed by atoms with Gasteiger partial charge < -0.3 is 19.5 Å². The monoisotopic (exact) mass is 467 g/mol. The number of nitrogens with zero attached hydrogens (tertiary/aromatic N) is 3. The largest absolute Gasteiger partial charge is 0.479 e. The van der Waals surface area contributed by atoms with Crippen molar-refractivity contribution in [2.75, 3.05) is 11.6 Å². The van der Waals surface area contributed by atoms with Crippen LogP contribution in [0.5, 0.6) is 5.75 Å². The molecule has 2 aromatic heterocycles. The summed E-state index contributed by atoms with van der Waals surface area (Å²) in [6, 6.07) is 24.9. The van der Waals surface area contributed by atoms with Crippen molar-refractivity contribution in [1.82, 2.24) is 9.97 Å². The fourth-order valence-corrected chi connectivity index (χ4v) is 4.11. The maximum Gasteiger partial charge on any atom is 0.333 e. The highest BCUT2D eigenvalue weighted by molar-refractivity contribution is 5.73. The third kappa shape index (κ3) is 5.31. The van der Waals surface area contributed by atoms with Crippen molar-refractivity contribution in [3.05, 3.63) is 114 Å². The number of carboxylic acid groups (broad SMARTS) is 1. The molecule has 1 aliphatic heterocycles. The van der Waals surface area contributed by atoms with Gasteiger partial charge in [0.05, 0.1) is 29.4 Å². The second kappa shape index (κ2) is 10.4. The van der Waals surface area contributed by atoms with Gasteiger partial charge in [-0.2, -0.15) is 0 Å². The molecule has 2 aromatic carbocycles. The van der Waals surface area contributed by atoms with Gasteiger partial charge in [-0.05, 0) is 47.5 Å². The molecule has 35 heavy (non-hydrogen) atoms. The number of hydrogen-bond acceptors (Lipinski definition) is 6. The van der Waals surface area contributed by atoms with Crippen molar-refractivity contribution in [2.45, 2.75) is 25.6 Å². The van der Waals surface area contributed by atoms with Crippen molar-refractivity contribution < 1.29 is 19.4 Å². The summed E-state index contributed by atoms with van der Waals surface area (Å²) in [6.07, 6.45) is 3.61. The van der Waals surface area contributed by atoms with Gasteiger partial charge in [0, 0.05) is 25.2 Å². The van der Waals surface area contributed by atoms with Crippen LogP contribution in [0.3, 0.4) is 0 Å². The van der Waals surface area contributed by atoms with E-state index in [2.05, 4.69) is 14.9 Å². The Morgan fingerprint density at radius 1 is 0.857 bits per heavy atom. The summed E-state index contributed by atoms with van der Waals surface area (Å²) in [5, 5.41) is 9.59. The fourth-order valence-electron chi connectivity index (χ4n) is 4.11. The zero-order valence-corrected chi connectivity index (χ0v) is 19.1. The van der Waals surface area contributed by atoms with E-state index in [1.807, 2.05) is 78.9 Å². The van der Waals surface area contributed by atoms with E-state index in [1.165, 1.54) is 0 Å². The van der Waals surface area contributed by atoms with E-state index in [0.717, 1.165) is 33.9 Å². The second-order valence-electron chi connectivity index (χ2n) is 8.29. The lowest BCUT2D eigenvalue weighted by Crippen LogP contribution is -2.28. The molecule has 0 fully saturated rings. The van der Waals surface area contributed by atoms with Crippen molar-refractivity contribution in [3.8, 4) is 5.75 Å². The van der Waals surface area contributed by atoms with Gasteiger partial charge in [-0.25, -0.2) is 4.79 Å². The molecule has 7 nitrogen and oxygen atoms in total. The van der Waals surface area contributed by atoms with Gasteiger partial charge >= 0.3 is 5.97 Å². The summed E-state index contributed by atoms with van der Waals surface area (Å²) in [6.45, 7) is 0.552. The molecular formula is C28H25N3O4. The molecule has 1 atom stereocenters. The lowest BCUT2D eigenvalue weighted by molar-refractivity contribution is -0.151. The number of fused-ring (bicyclic) bond motifs is 2. The van der Waals surface area contributed by atoms with Crippen LogP contribution >= 0.6 is 0 Å². The Bertz CT molecular complexity index is 1250. The third-order valence-electron chi connectivity index (χ3n) is 5.92. The molecular weight excluding hydrogens is 442 g/mol. The van der Waals surface area contributed by atoms with Crippen molar-refractivity contribution in [2.24, 2.45) is 0 Å². The maximum atomic E-state index is 11.7. The Morgan fingerprint density at radius 2 is 1.51 bits per heavy atom. The summed E-state index contributed by atoms with van der Waals surface area (Å²) >= 11 is 0. The molecule has 0 saturated carbocycles. The van der Waals surface area contributed by atoms with Gasteiger partial charge in [-0.1, -0.05) is 42.5 Å². The minimum absolute atomic E-state index is 0.251. The molecule has 0 aliphatic carbocycles. The molecule has 0 amide bonds. The van der Waals surface area contributed by atoms with E-state index in [4.69, 9.17) is 9.47 Å². The molecule has 3 heterocycles. The molecule has 1 N–H and O–H groups in total. The molecule has 0 radical (unpaired) electrons. The minimum atomic E-state index is -0.981. The van der Waals surface area contributed by atoms with Crippen LogP contribution in [0.4, 0.5) is 11.4 Å². The maximum absolute atomic E-state index is 11.7. The SMILES string of the molecule is O=C(O)C(Cc1ccc(OCN2c3cccnc3Cc3ncccc32)cc1)OCc1ccccc1. The molecule has 1 aliphatic rings. The lowest BCUT2D eigenvalue weighted by Gasteiger charge is -2.31. The first-order valence-electron chi connectivity index (χ1n) is 11.4. The normalized spacial score (nSPS) is 13.0. The highest BCUT2D eigenvalue weighted by Gasteiger charge is 2.24. The van der Waals surface area contributed by atoms with Gasteiger partial charge in [-0.3, -0.25) is 9.97 Å². The number of aliphatic carboxylic acids is 1. The van der Waals surface area contributed by atoms with Crippen molar-refractivity contribution in [1.29, 1.82) is 0 Å². The van der Waals surface area contributed by atoms with Gasteiger partial charge in [0.2, 0.25) is 0 Å². The van der Waals surface area contributed by atoms with Crippen LogP contribution in [0, 0.1) is 0 Å². The number of benzene rings is 2. The molecule has 4 aromatic rings. The standard InChI is InChI=1S/C28H25N3O4/c32-28(33)27(34-18-21-6-2-1-3-7-21)16-20-10-12-22(13-11-20)35-19-31-25-8-4-14-29-23(25)17-24-26(31)9-5-15-30-24/h1-15,27H,16-19H2,(H,32,33).